The Morgan fingerprint density at radius 3 is 3.00 bits per heavy atom. The molecule has 0 spiro atoms. The Kier molecular flexibility index (Phi) is 5.64. The van der Waals surface area contributed by atoms with E-state index in [2.05, 4.69) is 20.0 Å². The Balaban J connectivity index is 2.00. The topological polar surface area (TPSA) is 85.2 Å². The van der Waals surface area contributed by atoms with Gasteiger partial charge in [0.1, 0.15) is 5.00 Å². The van der Waals surface area contributed by atoms with E-state index >= 15 is 0 Å². The summed E-state index contributed by atoms with van der Waals surface area (Å²) in [6.45, 7) is 4.25. The first kappa shape index (κ1) is 15.4. The summed E-state index contributed by atoms with van der Waals surface area (Å²) < 4.78 is 10.6. The molecule has 0 atom stereocenters. The second-order valence-corrected chi connectivity index (χ2v) is 5.12. The molecule has 0 unspecified atom stereocenters. The van der Waals surface area contributed by atoms with Crippen molar-refractivity contribution in [1.29, 1.82) is 0 Å². The van der Waals surface area contributed by atoms with Gasteiger partial charge in [0.2, 0.25) is 0 Å². The van der Waals surface area contributed by atoms with Gasteiger partial charge in [0.05, 0.1) is 25.5 Å². The van der Waals surface area contributed by atoms with Gasteiger partial charge in [-0.05, 0) is 6.92 Å². The van der Waals surface area contributed by atoms with Crippen molar-refractivity contribution >= 4 is 22.6 Å². The first-order valence-corrected chi connectivity index (χ1v) is 7.33. The second kappa shape index (κ2) is 7.70. The number of rotatable bonds is 7. The van der Waals surface area contributed by atoms with Gasteiger partial charge in [-0.3, -0.25) is 10.00 Å². The number of nitrogens with zero attached hydrogens (tertiary/aromatic N) is 5. The molecule has 0 aliphatic carbocycles. The van der Waals surface area contributed by atoms with Crippen LogP contribution in [0.4, 0.5) is 9.80 Å². The molecule has 0 bridgehead atoms. The molecule has 0 aliphatic heterocycles. The third-order valence-corrected chi connectivity index (χ3v) is 3.41. The van der Waals surface area contributed by atoms with Gasteiger partial charge in [0.25, 0.3) is 0 Å². The van der Waals surface area contributed by atoms with Crippen LogP contribution in [0.3, 0.4) is 0 Å². The van der Waals surface area contributed by atoms with Gasteiger partial charge in [-0.2, -0.15) is 5.10 Å². The largest absolute Gasteiger partial charge is 0.383 e. The minimum Gasteiger partial charge on any atom is -0.383 e. The summed E-state index contributed by atoms with van der Waals surface area (Å²) in [5.41, 5.74) is 0.977. The van der Waals surface area contributed by atoms with Gasteiger partial charge in [0, 0.05) is 43.5 Å². The van der Waals surface area contributed by atoms with Gasteiger partial charge in [-0.25, -0.2) is 4.79 Å². The number of anilines is 1. The fourth-order valence-corrected chi connectivity index (χ4v) is 2.15. The molecule has 2 aromatic rings. The molecule has 9 heteroatoms. The Labute approximate surface area is 126 Å². The predicted octanol–water partition coefficient (Wildman–Crippen LogP) is 1.43. The Morgan fingerprint density at radius 1 is 1.52 bits per heavy atom. The van der Waals surface area contributed by atoms with E-state index in [0.717, 1.165) is 23.6 Å². The molecular formula is C12H18N6O2S. The number of carbonyl (C=O) groups is 1. The quantitative estimate of drug-likeness (QED) is 0.836. The van der Waals surface area contributed by atoms with Crippen molar-refractivity contribution in [3.05, 3.63) is 24.2 Å². The zero-order chi connectivity index (χ0) is 15.1. The number of aromatic nitrogens is 4. The Morgan fingerprint density at radius 2 is 2.38 bits per heavy atom. The van der Waals surface area contributed by atoms with Crippen molar-refractivity contribution in [2.75, 3.05) is 25.6 Å². The van der Waals surface area contributed by atoms with Crippen molar-refractivity contribution < 1.29 is 9.53 Å². The van der Waals surface area contributed by atoms with Crippen LogP contribution in [-0.2, 0) is 17.8 Å². The average molecular weight is 310 g/mol. The highest BCUT2D eigenvalue weighted by molar-refractivity contribution is 7.10. The standard InChI is InChI=1S/C12H18N6O2S/c1-3-18-9-10(6-14-18)8-17(4-5-20-2)12(19)15-11-7-13-16-21-11/h6-7,9H,3-5,8H2,1-2H3,(H,15,19). The summed E-state index contributed by atoms with van der Waals surface area (Å²) in [5.74, 6) is 0. The third-order valence-electron chi connectivity index (χ3n) is 2.83. The number of methoxy groups -OCH3 is 1. The van der Waals surface area contributed by atoms with Crippen LogP contribution >= 0.6 is 11.5 Å². The van der Waals surface area contributed by atoms with Crippen LogP contribution in [0.5, 0.6) is 0 Å². The fraction of sp³-hybridized carbons (Fsp3) is 0.500. The lowest BCUT2D eigenvalue weighted by atomic mass is 10.3. The summed E-state index contributed by atoms with van der Waals surface area (Å²) in [6.07, 6.45) is 5.22. The molecule has 2 amide bonds. The normalized spacial score (nSPS) is 10.6. The maximum absolute atomic E-state index is 12.3. The molecule has 0 saturated carbocycles. The van der Waals surface area contributed by atoms with Crippen LogP contribution in [0, 0.1) is 0 Å². The molecule has 0 fully saturated rings. The number of urea groups is 1. The smallest absolute Gasteiger partial charge is 0.322 e. The Bertz CT molecular complexity index is 556. The molecular weight excluding hydrogens is 292 g/mol. The van der Waals surface area contributed by atoms with E-state index in [4.69, 9.17) is 4.74 Å². The number of amides is 2. The summed E-state index contributed by atoms with van der Waals surface area (Å²) >= 11 is 1.14. The number of hydrogen-bond acceptors (Lipinski definition) is 6. The van der Waals surface area contributed by atoms with Crippen molar-refractivity contribution in [2.24, 2.45) is 0 Å². The number of carbonyl (C=O) groups excluding carboxylic acids is 1. The maximum Gasteiger partial charge on any atom is 0.322 e. The van der Waals surface area contributed by atoms with Gasteiger partial charge in [0.15, 0.2) is 0 Å². The molecule has 114 valence electrons. The van der Waals surface area contributed by atoms with Gasteiger partial charge >= 0.3 is 6.03 Å². The lowest BCUT2D eigenvalue weighted by Crippen LogP contribution is -2.36. The highest BCUT2D eigenvalue weighted by Crippen LogP contribution is 2.12. The van der Waals surface area contributed by atoms with E-state index in [-0.39, 0.29) is 6.03 Å². The monoisotopic (exact) mass is 310 g/mol. The lowest BCUT2D eigenvalue weighted by molar-refractivity contribution is 0.153. The number of aryl methyl sites for hydroxylation is 1. The second-order valence-electron chi connectivity index (χ2n) is 4.33. The number of nitrogens with one attached hydrogen (secondary N) is 1. The van der Waals surface area contributed by atoms with Gasteiger partial charge in [-0.15, -0.1) is 5.10 Å². The molecule has 2 heterocycles. The maximum atomic E-state index is 12.3. The highest BCUT2D eigenvalue weighted by atomic mass is 32.1. The molecule has 8 nitrogen and oxygen atoms in total. The minimum atomic E-state index is -0.206. The first-order chi connectivity index (χ1) is 10.2. The zero-order valence-electron chi connectivity index (χ0n) is 12.0. The fourth-order valence-electron chi connectivity index (χ4n) is 1.74. The highest BCUT2D eigenvalue weighted by Gasteiger charge is 2.15. The van der Waals surface area contributed by atoms with Crippen molar-refractivity contribution in [2.45, 2.75) is 20.0 Å². The average Bonchev–Trinajstić information content (AvgIpc) is 3.14. The van der Waals surface area contributed by atoms with E-state index in [9.17, 15) is 4.79 Å². The molecule has 2 rings (SSSR count). The molecule has 0 aromatic carbocycles. The first-order valence-electron chi connectivity index (χ1n) is 6.56. The lowest BCUT2D eigenvalue weighted by Gasteiger charge is -2.21. The van der Waals surface area contributed by atoms with E-state index in [1.165, 1.54) is 6.20 Å². The van der Waals surface area contributed by atoms with E-state index < -0.39 is 0 Å². The summed E-state index contributed by atoms with van der Waals surface area (Å²) in [4.78, 5) is 13.9. The van der Waals surface area contributed by atoms with E-state index in [0.29, 0.717) is 24.7 Å². The van der Waals surface area contributed by atoms with Crippen LogP contribution < -0.4 is 5.32 Å². The summed E-state index contributed by atoms with van der Waals surface area (Å²) in [5, 5.41) is 11.3. The molecule has 21 heavy (non-hydrogen) atoms. The van der Waals surface area contributed by atoms with Crippen LogP contribution in [0.2, 0.25) is 0 Å². The summed E-state index contributed by atoms with van der Waals surface area (Å²) in [6, 6.07) is -0.206. The van der Waals surface area contributed by atoms with E-state index in [1.807, 2.05) is 17.8 Å². The SMILES string of the molecule is CCn1cc(CN(CCOC)C(=O)Nc2cnns2)cn1. The van der Waals surface area contributed by atoms with Crippen LogP contribution in [0.1, 0.15) is 12.5 Å². The molecule has 1 N–H and O–H groups in total. The number of hydrogen-bond donors (Lipinski definition) is 1. The predicted molar refractivity (Wildman–Crippen MR) is 79.1 cm³/mol. The number of ether oxygens (including phenoxy) is 1. The molecule has 0 radical (unpaired) electrons. The minimum absolute atomic E-state index is 0.206. The third kappa shape index (κ3) is 4.50. The van der Waals surface area contributed by atoms with E-state index in [1.54, 1.807) is 18.2 Å². The molecule has 0 saturated heterocycles. The molecule has 0 aliphatic rings. The summed E-state index contributed by atoms with van der Waals surface area (Å²) in [7, 11) is 1.61. The van der Waals surface area contributed by atoms with Crippen LogP contribution in [0.25, 0.3) is 0 Å². The van der Waals surface area contributed by atoms with Crippen molar-refractivity contribution in [1.82, 2.24) is 24.3 Å². The van der Waals surface area contributed by atoms with Gasteiger partial charge in [-0.1, -0.05) is 4.49 Å². The molecule has 2 aromatic heterocycles. The van der Waals surface area contributed by atoms with Gasteiger partial charge < -0.3 is 9.64 Å². The van der Waals surface area contributed by atoms with Crippen LogP contribution in [-0.4, -0.2) is 50.6 Å². The zero-order valence-corrected chi connectivity index (χ0v) is 12.8. The van der Waals surface area contributed by atoms with Crippen molar-refractivity contribution in [3.63, 3.8) is 0 Å². The van der Waals surface area contributed by atoms with Crippen molar-refractivity contribution in [3.8, 4) is 0 Å². The Hall–Kier alpha value is -2.00. The van der Waals surface area contributed by atoms with Crippen LogP contribution in [0.15, 0.2) is 18.6 Å².